The number of fused-ring (bicyclic) bond motifs is 1. The van der Waals surface area contributed by atoms with Crippen molar-refractivity contribution >= 4 is 16.9 Å². The third-order valence-electron chi connectivity index (χ3n) is 3.89. The summed E-state index contributed by atoms with van der Waals surface area (Å²) in [6.07, 6.45) is 4.86. The van der Waals surface area contributed by atoms with Crippen molar-refractivity contribution in [2.24, 2.45) is 0 Å². The molecule has 0 bridgehead atoms. The molecule has 1 saturated heterocycles. The molecule has 21 heavy (non-hydrogen) atoms. The second-order valence-corrected chi connectivity index (χ2v) is 5.40. The van der Waals surface area contributed by atoms with Crippen LogP contribution in [0.3, 0.4) is 0 Å². The third-order valence-corrected chi connectivity index (χ3v) is 3.89. The summed E-state index contributed by atoms with van der Waals surface area (Å²) in [4.78, 5) is 9.11. The molecule has 0 radical (unpaired) electrons. The summed E-state index contributed by atoms with van der Waals surface area (Å²) in [5.74, 6) is 1.29. The molecule has 0 aliphatic carbocycles. The van der Waals surface area contributed by atoms with Crippen molar-refractivity contribution in [2.45, 2.75) is 31.7 Å². The van der Waals surface area contributed by atoms with E-state index in [9.17, 15) is 0 Å². The van der Waals surface area contributed by atoms with Crippen molar-refractivity contribution < 1.29 is 4.74 Å². The number of benzene rings is 1. The first-order valence-electron chi connectivity index (χ1n) is 7.67. The summed E-state index contributed by atoms with van der Waals surface area (Å²) in [5.41, 5.74) is 1.74. The summed E-state index contributed by atoms with van der Waals surface area (Å²) in [6, 6.07) is 8.42. The van der Waals surface area contributed by atoms with Gasteiger partial charge in [-0.25, -0.2) is 9.97 Å². The van der Waals surface area contributed by atoms with Crippen LogP contribution in [0.2, 0.25) is 0 Å². The summed E-state index contributed by atoms with van der Waals surface area (Å²) < 4.78 is 5.86. The van der Waals surface area contributed by atoms with Crippen LogP contribution in [0.4, 0.5) is 5.82 Å². The molecule has 1 aromatic heterocycles. The number of piperidine rings is 1. The Kier molecular flexibility index (Phi) is 4.50. The van der Waals surface area contributed by atoms with Crippen LogP contribution in [0.5, 0.6) is 5.88 Å². The van der Waals surface area contributed by atoms with Crippen LogP contribution in [-0.2, 0) is 0 Å². The van der Waals surface area contributed by atoms with Gasteiger partial charge in [0.15, 0.2) is 5.82 Å². The Morgan fingerprint density at radius 1 is 1.24 bits per heavy atom. The van der Waals surface area contributed by atoms with Crippen LogP contribution < -0.4 is 15.4 Å². The van der Waals surface area contributed by atoms with Gasteiger partial charge in [0.05, 0.1) is 17.6 Å². The van der Waals surface area contributed by atoms with Crippen molar-refractivity contribution in [1.29, 1.82) is 0 Å². The van der Waals surface area contributed by atoms with E-state index in [1.807, 2.05) is 31.3 Å². The molecule has 5 nitrogen and oxygen atoms in total. The molecule has 5 heteroatoms. The lowest BCUT2D eigenvalue weighted by atomic mass is 10.0. The number of hydrogen-bond donors (Lipinski definition) is 2. The van der Waals surface area contributed by atoms with Crippen molar-refractivity contribution in [3.05, 3.63) is 24.3 Å². The number of rotatable bonds is 5. The first-order valence-corrected chi connectivity index (χ1v) is 7.67. The van der Waals surface area contributed by atoms with E-state index in [1.165, 1.54) is 19.3 Å². The number of nitrogens with one attached hydrogen (secondary N) is 2. The van der Waals surface area contributed by atoms with Crippen LogP contribution in [0.1, 0.15) is 25.7 Å². The second kappa shape index (κ2) is 6.72. The van der Waals surface area contributed by atoms with Crippen LogP contribution >= 0.6 is 0 Å². The van der Waals surface area contributed by atoms with Gasteiger partial charge in [0, 0.05) is 13.1 Å². The maximum absolute atomic E-state index is 5.86. The maximum Gasteiger partial charge on any atom is 0.258 e. The average Bonchev–Trinajstić information content (AvgIpc) is 2.55. The molecule has 2 aromatic rings. The van der Waals surface area contributed by atoms with Gasteiger partial charge in [-0.1, -0.05) is 18.6 Å². The molecule has 1 atom stereocenters. The fourth-order valence-electron chi connectivity index (χ4n) is 2.72. The fourth-order valence-corrected chi connectivity index (χ4v) is 2.72. The van der Waals surface area contributed by atoms with Crippen molar-refractivity contribution in [3.63, 3.8) is 0 Å². The highest BCUT2D eigenvalue weighted by Crippen LogP contribution is 2.23. The van der Waals surface area contributed by atoms with E-state index in [2.05, 4.69) is 20.6 Å². The zero-order chi connectivity index (χ0) is 14.5. The monoisotopic (exact) mass is 286 g/mol. The van der Waals surface area contributed by atoms with Crippen LogP contribution in [0.25, 0.3) is 11.0 Å². The van der Waals surface area contributed by atoms with Crippen LogP contribution in [0, 0.1) is 0 Å². The molecular formula is C16H22N4O. The van der Waals surface area contributed by atoms with Crippen LogP contribution in [0.15, 0.2) is 24.3 Å². The Labute approximate surface area is 125 Å². The first kappa shape index (κ1) is 14.1. The predicted molar refractivity (Wildman–Crippen MR) is 84.8 cm³/mol. The van der Waals surface area contributed by atoms with E-state index in [1.54, 1.807) is 0 Å². The molecule has 0 amide bonds. The third kappa shape index (κ3) is 3.42. The summed E-state index contributed by atoms with van der Waals surface area (Å²) >= 11 is 0. The molecular weight excluding hydrogens is 264 g/mol. The zero-order valence-corrected chi connectivity index (χ0v) is 12.4. The molecule has 1 fully saturated rings. The minimum Gasteiger partial charge on any atom is -0.475 e. The van der Waals surface area contributed by atoms with Gasteiger partial charge in [0.1, 0.15) is 0 Å². The minimum atomic E-state index is 0.574. The van der Waals surface area contributed by atoms with Gasteiger partial charge in [-0.05, 0) is 37.9 Å². The molecule has 1 aliphatic rings. The highest BCUT2D eigenvalue weighted by molar-refractivity contribution is 5.77. The molecule has 2 heterocycles. The SMILES string of the molecule is CNc1nc2ccccc2nc1OCC[C@H]1CCCCN1. The Balaban J connectivity index is 1.67. The van der Waals surface area contributed by atoms with Gasteiger partial charge in [0.25, 0.3) is 5.88 Å². The molecule has 0 spiro atoms. The maximum atomic E-state index is 5.86. The Morgan fingerprint density at radius 2 is 2.05 bits per heavy atom. The lowest BCUT2D eigenvalue weighted by molar-refractivity contribution is 0.262. The second-order valence-electron chi connectivity index (χ2n) is 5.40. The van der Waals surface area contributed by atoms with Crippen molar-refractivity contribution in [3.8, 4) is 5.88 Å². The number of aromatic nitrogens is 2. The average molecular weight is 286 g/mol. The highest BCUT2D eigenvalue weighted by atomic mass is 16.5. The number of hydrogen-bond acceptors (Lipinski definition) is 5. The molecule has 0 saturated carbocycles. The zero-order valence-electron chi connectivity index (χ0n) is 12.4. The van der Waals surface area contributed by atoms with E-state index in [4.69, 9.17) is 4.74 Å². The molecule has 2 N–H and O–H groups in total. The highest BCUT2D eigenvalue weighted by Gasteiger charge is 2.14. The van der Waals surface area contributed by atoms with Gasteiger partial charge in [-0.3, -0.25) is 0 Å². The Hall–Kier alpha value is -1.88. The number of nitrogens with zero attached hydrogens (tertiary/aromatic N) is 2. The lowest BCUT2D eigenvalue weighted by Gasteiger charge is -2.23. The topological polar surface area (TPSA) is 59.1 Å². The summed E-state index contributed by atoms with van der Waals surface area (Å²) in [6.45, 7) is 1.79. The van der Waals surface area contributed by atoms with Crippen LogP contribution in [-0.4, -0.2) is 36.2 Å². The molecule has 1 aliphatic heterocycles. The van der Waals surface area contributed by atoms with Gasteiger partial charge < -0.3 is 15.4 Å². The summed E-state index contributed by atoms with van der Waals surface area (Å²) in [7, 11) is 1.84. The smallest absolute Gasteiger partial charge is 0.258 e. The minimum absolute atomic E-state index is 0.574. The molecule has 0 unspecified atom stereocenters. The first-order chi connectivity index (χ1) is 10.4. The normalized spacial score (nSPS) is 18.6. The van der Waals surface area contributed by atoms with Crippen molar-refractivity contribution in [2.75, 3.05) is 25.5 Å². The molecule has 3 rings (SSSR count). The van der Waals surface area contributed by atoms with Gasteiger partial charge in [0.2, 0.25) is 0 Å². The summed E-state index contributed by atoms with van der Waals surface area (Å²) in [5, 5.41) is 6.59. The lowest BCUT2D eigenvalue weighted by Crippen LogP contribution is -2.35. The predicted octanol–water partition coefficient (Wildman–Crippen LogP) is 2.58. The number of para-hydroxylation sites is 2. The standard InChI is InChI=1S/C16H22N4O/c1-17-15-16(20-14-8-3-2-7-13(14)19-15)21-11-9-12-6-4-5-10-18-12/h2-3,7-8,12,18H,4-6,9-11H2,1H3,(H,17,19)/t12-/m1/s1. The van der Waals surface area contributed by atoms with E-state index in [0.29, 0.717) is 24.3 Å². The Bertz CT molecular complexity index is 596. The van der Waals surface area contributed by atoms with E-state index in [-0.39, 0.29) is 0 Å². The largest absolute Gasteiger partial charge is 0.475 e. The van der Waals surface area contributed by atoms with Crippen molar-refractivity contribution in [1.82, 2.24) is 15.3 Å². The van der Waals surface area contributed by atoms with E-state index < -0.39 is 0 Å². The van der Waals surface area contributed by atoms with E-state index >= 15 is 0 Å². The van der Waals surface area contributed by atoms with Gasteiger partial charge >= 0.3 is 0 Å². The quantitative estimate of drug-likeness (QED) is 0.884. The number of ether oxygens (including phenoxy) is 1. The fraction of sp³-hybridized carbons (Fsp3) is 0.500. The molecule has 1 aromatic carbocycles. The van der Waals surface area contributed by atoms with E-state index in [0.717, 1.165) is 24.0 Å². The Morgan fingerprint density at radius 3 is 2.76 bits per heavy atom. The van der Waals surface area contributed by atoms with Gasteiger partial charge in [-0.2, -0.15) is 0 Å². The number of anilines is 1. The van der Waals surface area contributed by atoms with Gasteiger partial charge in [-0.15, -0.1) is 0 Å². The molecule has 112 valence electrons.